The fourth-order valence-corrected chi connectivity index (χ4v) is 2.40. The first-order valence-corrected chi connectivity index (χ1v) is 6.33. The molecule has 0 bridgehead atoms. The van der Waals surface area contributed by atoms with E-state index in [1.807, 2.05) is 13.0 Å². The fraction of sp³-hybridized carbons (Fsp3) is 0.571. The number of phenols is 1. The van der Waals surface area contributed by atoms with Gasteiger partial charge in [0.15, 0.2) is 0 Å². The number of aromatic hydroxyl groups is 1. The summed E-state index contributed by atoms with van der Waals surface area (Å²) in [7, 11) is 0. The van der Waals surface area contributed by atoms with E-state index in [4.69, 9.17) is 4.74 Å². The molecule has 0 unspecified atom stereocenters. The standard InChI is InChI=1S/C14H21NO2/c1-3-4-15-5-6-17-14(10-15)12-7-11(2)8-13(16)9-12/h7-9,14,16H,3-6,10H2,1-2H3/t14-/m0/s1. The predicted molar refractivity (Wildman–Crippen MR) is 68.3 cm³/mol. The summed E-state index contributed by atoms with van der Waals surface area (Å²) in [6, 6.07) is 5.68. The molecule has 1 fully saturated rings. The number of ether oxygens (including phenoxy) is 1. The van der Waals surface area contributed by atoms with Crippen LogP contribution in [-0.4, -0.2) is 36.2 Å². The second-order valence-corrected chi connectivity index (χ2v) is 4.76. The Bertz CT molecular complexity index is 356. The van der Waals surface area contributed by atoms with Crippen molar-refractivity contribution in [3.8, 4) is 5.75 Å². The van der Waals surface area contributed by atoms with Crippen LogP contribution in [-0.2, 0) is 4.74 Å². The van der Waals surface area contributed by atoms with Crippen LogP contribution in [0, 0.1) is 6.92 Å². The van der Waals surface area contributed by atoms with Crippen molar-refractivity contribution in [3.63, 3.8) is 0 Å². The van der Waals surface area contributed by atoms with Gasteiger partial charge in [0.05, 0.1) is 12.7 Å². The van der Waals surface area contributed by atoms with E-state index in [1.54, 1.807) is 6.07 Å². The van der Waals surface area contributed by atoms with E-state index in [0.717, 1.165) is 37.4 Å². The minimum atomic E-state index is 0.0982. The zero-order valence-electron chi connectivity index (χ0n) is 10.6. The number of benzene rings is 1. The molecule has 2 rings (SSSR count). The third-order valence-corrected chi connectivity index (χ3v) is 3.15. The number of aryl methyl sites for hydroxylation is 1. The first-order valence-electron chi connectivity index (χ1n) is 6.33. The highest BCUT2D eigenvalue weighted by atomic mass is 16.5. The van der Waals surface area contributed by atoms with Gasteiger partial charge in [-0.2, -0.15) is 0 Å². The van der Waals surface area contributed by atoms with Gasteiger partial charge in [0.25, 0.3) is 0 Å². The summed E-state index contributed by atoms with van der Waals surface area (Å²) in [4.78, 5) is 2.42. The maximum atomic E-state index is 9.62. The molecule has 1 N–H and O–H groups in total. The van der Waals surface area contributed by atoms with Gasteiger partial charge in [-0.3, -0.25) is 4.90 Å². The Morgan fingerprint density at radius 1 is 1.41 bits per heavy atom. The summed E-state index contributed by atoms with van der Waals surface area (Å²) in [5.41, 5.74) is 2.17. The van der Waals surface area contributed by atoms with Crippen LogP contribution in [0.4, 0.5) is 0 Å². The van der Waals surface area contributed by atoms with Crippen LogP contribution in [0.25, 0.3) is 0 Å². The molecular weight excluding hydrogens is 214 g/mol. The van der Waals surface area contributed by atoms with Crippen molar-refractivity contribution in [1.82, 2.24) is 4.90 Å². The Labute approximate surface area is 103 Å². The van der Waals surface area contributed by atoms with E-state index in [0.29, 0.717) is 5.75 Å². The van der Waals surface area contributed by atoms with Gasteiger partial charge < -0.3 is 9.84 Å². The Balaban J connectivity index is 2.10. The van der Waals surface area contributed by atoms with Crippen LogP contribution in [0.5, 0.6) is 5.75 Å². The van der Waals surface area contributed by atoms with Gasteiger partial charge in [0.1, 0.15) is 5.75 Å². The van der Waals surface area contributed by atoms with Gasteiger partial charge in [0, 0.05) is 13.1 Å². The van der Waals surface area contributed by atoms with Gasteiger partial charge in [-0.1, -0.05) is 13.0 Å². The van der Waals surface area contributed by atoms with Crippen molar-refractivity contribution in [2.24, 2.45) is 0 Å². The lowest BCUT2D eigenvalue weighted by atomic mass is 10.0. The minimum absolute atomic E-state index is 0.0982. The maximum Gasteiger partial charge on any atom is 0.116 e. The molecular formula is C14H21NO2. The molecule has 0 saturated carbocycles. The van der Waals surface area contributed by atoms with E-state index < -0.39 is 0 Å². The van der Waals surface area contributed by atoms with Crippen molar-refractivity contribution in [2.45, 2.75) is 26.4 Å². The highest BCUT2D eigenvalue weighted by Gasteiger charge is 2.21. The summed E-state index contributed by atoms with van der Waals surface area (Å²) in [5.74, 6) is 0.330. The number of rotatable bonds is 3. The summed E-state index contributed by atoms with van der Waals surface area (Å²) >= 11 is 0. The highest BCUT2D eigenvalue weighted by molar-refractivity contribution is 5.34. The van der Waals surface area contributed by atoms with E-state index in [1.165, 1.54) is 6.42 Å². The van der Waals surface area contributed by atoms with Crippen LogP contribution in [0.15, 0.2) is 18.2 Å². The van der Waals surface area contributed by atoms with E-state index in [2.05, 4.69) is 17.9 Å². The molecule has 94 valence electrons. The normalized spacial score (nSPS) is 21.6. The molecule has 1 atom stereocenters. The molecule has 0 radical (unpaired) electrons. The average Bonchev–Trinajstić information content (AvgIpc) is 2.28. The molecule has 0 aliphatic carbocycles. The smallest absolute Gasteiger partial charge is 0.116 e. The molecule has 1 aromatic rings. The average molecular weight is 235 g/mol. The number of morpholine rings is 1. The third kappa shape index (κ3) is 3.20. The molecule has 1 heterocycles. The number of hydrogen-bond acceptors (Lipinski definition) is 3. The largest absolute Gasteiger partial charge is 0.508 e. The van der Waals surface area contributed by atoms with Gasteiger partial charge in [-0.25, -0.2) is 0 Å². The summed E-state index contributed by atoms with van der Waals surface area (Å²) in [6.45, 7) is 8.04. The molecule has 1 aromatic carbocycles. The second kappa shape index (κ2) is 5.52. The van der Waals surface area contributed by atoms with Crippen LogP contribution in [0.2, 0.25) is 0 Å². The summed E-state index contributed by atoms with van der Waals surface area (Å²) in [6.07, 6.45) is 1.27. The Kier molecular flexibility index (Phi) is 4.02. The Hall–Kier alpha value is -1.06. The summed E-state index contributed by atoms with van der Waals surface area (Å²) in [5, 5.41) is 9.62. The van der Waals surface area contributed by atoms with Crippen molar-refractivity contribution in [3.05, 3.63) is 29.3 Å². The third-order valence-electron chi connectivity index (χ3n) is 3.15. The zero-order valence-corrected chi connectivity index (χ0v) is 10.6. The SMILES string of the molecule is CCCN1CCO[C@H](c2cc(C)cc(O)c2)C1. The van der Waals surface area contributed by atoms with Crippen LogP contribution in [0.3, 0.4) is 0 Å². The van der Waals surface area contributed by atoms with Gasteiger partial charge in [0.2, 0.25) is 0 Å². The molecule has 1 saturated heterocycles. The quantitative estimate of drug-likeness (QED) is 0.873. The maximum absolute atomic E-state index is 9.62. The Morgan fingerprint density at radius 2 is 2.24 bits per heavy atom. The second-order valence-electron chi connectivity index (χ2n) is 4.76. The van der Waals surface area contributed by atoms with Crippen molar-refractivity contribution in [1.29, 1.82) is 0 Å². The molecule has 1 aliphatic heterocycles. The van der Waals surface area contributed by atoms with Crippen LogP contribution in [0.1, 0.15) is 30.6 Å². The van der Waals surface area contributed by atoms with E-state index >= 15 is 0 Å². The first kappa shape index (κ1) is 12.4. The van der Waals surface area contributed by atoms with E-state index in [-0.39, 0.29) is 6.10 Å². The summed E-state index contributed by atoms with van der Waals surface area (Å²) < 4.78 is 5.80. The first-order chi connectivity index (χ1) is 8.19. The topological polar surface area (TPSA) is 32.7 Å². The predicted octanol–water partition coefficient (Wildman–Crippen LogP) is 2.48. The molecule has 0 aromatic heterocycles. The van der Waals surface area contributed by atoms with Crippen molar-refractivity contribution < 1.29 is 9.84 Å². The molecule has 3 heteroatoms. The van der Waals surface area contributed by atoms with Gasteiger partial charge >= 0.3 is 0 Å². The van der Waals surface area contributed by atoms with Crippen LogP contribution < -0.4 is 0 Å². The fourth-order valence-electron chi connectivity index (χ4n) is 2.40. The van der Waals surface area contributed by atoms with Crippen molar-refractivity contribution in [2.75, 3.05) is 26.2 Å². The number of hydrogen-bond donors (Lipinski definition) is 1. The monoisotopic (exact) mass is 235 g/mol. The lowest BCUT2D eigenvalue weighted by Gasteiger charge is -2.33. The van der Waals surface area contributed by atoms with Crippen LogP contribution >= 0.6 is 0 Å². The van der Waals surface area contributed by atoms with E-state index in [9.17, 15) is 5.11 Å². The molecule has 1 aliphatic rings. The lowest BCUT2D eigenvalue weighted by Crippen LogP contribution is -2.38. The molecule has 0 spiro atoms. The lowest BCUT2D eigenvalue weighted by molar-refractivity contribution is -0.0299. The molecule has 3 nitrogen and oxygen atoms in total. The Morgan fingerprint density at radius 3 is 2.94 bits per heavy atom. The van der Waals surface area contributed by atoms with Gasteiger partial charge in [-0.15, -0.1) is 0 Å². The zero-order chi connectivity index (χ0) is 12.3. The van der Waals surface area contributed by atoms with Crippen molar-refractivity contribution >= 4 is 0 Å². The molecule has 17 heavy (non-hydrogen) atoms. The van der Waals surface area contributed by atoms with Gasteiger partial charge in [-0.05, 0) is 43.1 Å². The minimum Gasteiger partial charge on any atom is -0.508 e. The molecule has 0 amide bonds. The number of phenolic OH excluding ortho intramolecular Hbond substituents is 1. The number of nitrogens with zero attached hydrogens (tertiary/aromatic N) is 1. The highest BCUT2D eigenvalue weighted by Crippen LogP contribution is 2.26.